The number of benzene rings is 2. The Kier molecular flexibility index (Phi) is 7.42. The molecular weight excluding hydrogens is 548 g/mol. The zero-order chi connectivity index (χ0) is 29.9. The Labute approximate surface area is 230 Å². The molecule has 9 unspecified atom stereocenters. The van der Waals surface area contributed by atoms with Crippen LogP contribution in [0.3, 0.4) is 0 Å². The first-order valence-electron chi connectivity index (χ1n) is 12.6. The van der Waals surface area contributed by atoms with Crippen LogP contribution in [0.4, 0.5) is 0 Å². The van der Waals surface area contributed by atoms with Crippen molar-refractivity contribution >= 4 is 16.8 Å². The molecule has 0 amide bonds. The highest BCUT2D eigenvalue weighted by Crippen LogP contribution is 2.44. The fourth-order valence-electron chi connectivity index (χ4n) is 4.97. The largest absolute Gasteiger partial charge is 0.507 e. The summed E-state index contributed by atoms with van der Waals surface area (Å²) in [7, 11) is 0. The number of hydrogen-bond donors (Lipinski definition) is 8. The normalized spacial score (nSPS) is 32.3. The summed E-state index contributed by atoms with van der Waals surface area (Å²) in [4.78, 5) is 26.4. The molecular formula is C27H28O14. The van der Waals surface area contributed by atoms with Crippen molar-refractivity contribution in [2.75, 3.05) is 0 Å². The highest BCUT2D eigenvalue weighted by molar-refractivity contribution is 5.93. The lowest BCUT2D eigenvalue weighted by atomic mass is 9.90. The highest BCUT2D eigenvalue weighted by atomic mass is 16.7. The molecule has 41 heavy (non-hydrogen) atoms. The molecule has 9 atom stereocenters. The van der Waals surface area contributed by atoms with E-state index in [4.69, 9.17) is 18.6 Å². The van der Waals surface area contributed by atoms with Gasteiger partial charge in [-0.2, -0.15) is 0 Å². The minimum absolute atomic E-state index is 0.130. The number of aromatic hydroxyl groups is 4. The lowest BCUT2D eigenvalue weighted by Crippen LogP contribution is -2.60. The van der Waals surface area contributed by atoms with Gasteiger partial charge in [-0.15, -0.1) is 0 Å². The fraction of sp³-hybridized carbons (Fsp3) is 0.407. The maximum atomic E-state index is 13.3. The Bertz CT molecular complexity index is 1550. The van der Waals surface area contributed by atoms with Crippen molar-refractivity contribution in [2.45, 2.75) is 69.0 Å². The number of aliphatic hydroxyl groups excluding tert-OH is 4. The van der Waals surface area contributed by atoms with Crippen molar-refractivity contribution in [3.05, 3.63) is 46.1 Å². The Balaban J connectivity index is 1.67. The molecule has 3 heterocycles. The van der Waals surface area contributed by atoms with E-state index in [9.17, 15) is 50.4 Å². The molecule has 14 nitrogen and oxygen atoms in total. The lowest BCUT2D eigenvalue weighted by Gasteiger charge is -2.43. The molecule has 2 aromatic carbocycles. The standard InChI is InChI=1S/C27H28O14/c1-8-20(34)22(36)26(41-27-23(37)21(35)19(33)9(2)39-27)25(38-8)18-14(31)6-13(30)17-15(32)7-16(40-24(17)18)10-3-4-11(28)12(29)5-10/h3-9,19-21,23,25-31,33-35,37H,1-2H3. The minimum atomic E-state index is -1.83. The minimum Gasteiger partial charge on any atom is -0.507 e. The average molecular weight is 577 g/mol. The molecule has 2 saturated heterocycles. The highest BCUT2D eigenvalue weighted by Gasteiger charge is 2.50. The summed E-state index contributed by atoms with van der Waals surface area (Å²) in [5, 5.41) is 81.8. The first-order valence-corrected chi connectivity index (χ1v) is 12.6. The van der Waals surface area contributed by atoms with Crippen LogP contribution in [-0.2, 0) is 19.0 Å². The lowest BCUT2D eigenvalue weighted by molar-refractivity contribution is -0.314. The maximum absolute atomic E-state index is 13.3. The summed E-state index contributed by atoms with van der Waals surface area (Å²) in [5.74, 6) is -3.43. The Morgan fingerprint density at radius 1 is 0.756 bits per heavy atom. The zero-order valence-corrected chi connectivity index (χ0v) is 21.6. The van der Waals surface area contributed by atoms with Crippen LogP contribution in [0.2, 0.25) is 0 Å². The summed E-state index contributed by atoms with van der Waals surface area (Å²) in [6.07, 6.45) is -14.1. The van der Waals surface area contributed by atoms with E-state index in [1.807, 2.05) is 0 Å². The molecule has 14 heteroatoms. The van der Waals surface area contributed by atoms with Crippen LogP contribution < -0.4 is 5.43 Å². The van der Waals surface area contributed by atoms with Gasteiger partial charge in [-0.3, -0.25) is 9.59 Å². The zero-order valence-electron chi connectivity index (χ0n) is 21.6. The molecule has 0 spiro atoms. The van der Waals surface area contributed by atoms with Crippen molar-refractivity contribution < 1.29 is 64.3 Å². The van der Waals surface area contributed by atoms with Gasteiger partial charge in [0.05, 0.1) is 17.8 Å². The van der Waals surface area contributed by atoms with Crippen molar-refractivity contribution in [1.29, 1.82) is 0 Å². The number of Topliss-reactive ketones (excluding diaryl/α,β-unsaturated/α-hetero) is 1. The van der Waals surface area contributed by atoms with Crippen LogP contribution in [0, 0.1) is 0 Å². The summed E-state index contributed by atoms with van der Waals surface area (Å²) in [6.45, 7) is 2.75. The number of ether oxygens (including phenoxy) is 3. The summed E-state index contributed by atoms with van der Waals surface area (Å²) >= 11 is 0. The van der Waals surface area contributed by atoms with E-state index in [0.717, 1.165) is 24.3 Å². The van der Waals surface area contributed by atoms with Crippen molar-refractivity contribution in [2.24, 2.45) is 0 Å². The maximum Gasteiger partial charge on any atom is 0.197 e. The molecule has 2 aliphatic rings. The van der Waals surface area contributed by atoms with Crippen molar-refractivity contribution in [1.82, 2.24) is 0 Å². The third-order valence-corrected chi connectivity index (χ3v) is 7.28. The Morgan fingerprint density at radius 3 is 2.15 bits per heavy atom. The van der Waals surface area contributed by atoms with E-state index in [1.165, 1.54) is 19.9 Å². The van der Waals surface area contributed by atoms with Gasteiger partial charge in [0, 0.05) is 17.7 Å². The van der Waals surface area contributed by atoms with Gasteiger partial charge in [-0.05, 0) is 32.0 Å². The first kappa shape index (κ1) is 28.8. The number of carbonyl (C=O) groups is 1. The number of carbonyl (C=O) groups excluding carboxylic acids is 1. The van der Waals surface area contributed by atoms with Gasteiger partial charge in [-0.25, -0.2) is 0 Å². The van der Waals surface area contributed by atoms with E-state index in [1.54, 1.807) is 0 Å². The molecule has 3 aromatic rings. The molecule has 2 fully saturated rings. The number of hydrogen-bond acceptors (Lipinski definition) is 14. The number of phenolic OH excluding ortho intramolecular Hbond substituents is 4. The molecule has 0 saturated carbocycles. The molecule has 2 aliphatic heterocycles. The number of ketones is 1. The molecule has 0 aliphatic carbocycles. The smallest absolute Gasteiger partial charge is 0.197 e. The Morgan fingerprint density at radius 2 is 1.46 bits per heavy atom. The second-order valence-corrected chi connectivity index (χ2v) is 10.1. The SMILES string of the molecule is CC1OC(c2c(O)cc(O)c3c(=O)cc(-c4ccc(O)c(O)c4)oc23)C(OC2OC(C)C(O)C(O)C2O)C(=O)C1O. The quantitative estimate of drug-likeness (QED) is 0.189. The summed E-state index contributed by atoms with van der Waals surface area (Å²) in [5.41, 5.74) is -1.42. The summed E-state index contributed by atoms with van der Waals surface area (Å²) in [6, 6.07) is 5.41. The number of rotatable bonds is 4. The van der Waals surface area contributed by atoms with Gasteiger partial charge >= 0.3 is 0 Å². The molecule has 5 rings (SSSR count). The monoisotopic (exact) mass is 576 g/mol. The van der Waals surface area contributed by atoms with E-state index in [-0.39, 0.29) is 16.9 Å². The van der Waals surface area contributed by atoms with Crippen LogP contribution >= 0.6 is 0 Å². The van der Waals surface area contributed by atoms with Crippen molar-refractivity contribution in [3.8, 4) is 34.3 Å². The van der Waals surface area contributed by atoms with Gasteiger partial charge in [0.2, 0.25) is 0 Å². The topological polar surface area (TPSA) is 237 Å². The third kappa shape index (κ3) is 4.89. The van der Waals surface area contributed by atoms with E-state index >= 15 is 0 Å². The van der Waals surface area contributed by atoms with Crippen LogP contribution in [0.25, 0.3) is 22.3 Å². The van der Waals surface area contributed by atoms with Gasteiger partial charge < -0.3 is 59.5 Å². The number of fused-ring (bicyclic) bond motifs is 1. The molecule has 1 aromatic heterocycles. The van der Waals surface area contributed by atoms with Gasteiger partial charge in [0.15, 0.2) is 40.7 Å². The molecule has 220 valence electrons. The van der Waals surface area contributed by atoms with Crippen LogP contribution in [0.1, 0.15) is 25.5 Å². The van der Waals surface area contributed by atoms with Crippen LogP contribution in [0.15, 0.2) is 39.5 Å². The van der Waals surface area contributed by atoms with Gasteiger partial charge in [0.1, 0.15) is 53.2 Å². The first-order chi connectivity index (χ1) is 19.3. The van der Waals surface area contributed by atoms with Crippen LogP contribution in [0.5, 0.6) is 23.0 Å². The molecule has 0 bridgehead atoms. The predicted octanol–water partition coefficient (Wildman–Crippen LogP) is -0.115. The third-order valence-electron chi connectivity index (χ3n) is 7.28. The predicted molar refractivity (Wildman–Crippen MR) is 136 cm³/mol. The Hall–Kier alpha value is -3.76. The van der Waals surface area contributed by atoms with E-state index in [2.05, 4.69) is 0 Å². The van der Waals surface area contributed by atoms with Gasteiger partial charge in [0.25, 0.3) is 0 Å². The second kappa shape index (κ2) is 10.6. The molecule has 0 radical (unpaired) electrons. The van der Waals surface area contributed by atoms with Gasteiger partial charge in [-0.1, -0.05) is 0 Å². The fourth-order valence-corrected chi connectivity index (χ4v) is 4.97. The van der Waals surface area contributed by atoms with Crippen molar-refractivity contribution in [3.63, 3.8) is 0 Å². The molecule has 8 N–H and O–H groups in total. The number of aliphatic hydroxyl groups is 4. The summed E-state index contributed by atoms with van der Waals surface area (Å²) < 4.78 is 22.9. The van der Waals surface area contributed by atoms with E-state index in [0.29, 0.717) is 0 Å². The average Bonchev–Trinajstić information content (AvgIpc) is 2.92. The second-order valence-electron chi connectivity index (χ2n) is 10.1. The van der Waals surface area contributed by atoms with E-state index < -0.39 is 100 Å². The van der Waals surface area contributed by atoms with Crippen LogP contribution in [-0.4, -0.2) is 95.7 Å². The number of phenols is 4.